The second-order valence-electron chi connectivity index (χ2n) is 10.2. The minimum atomic E-state index is -0.999. The van der Waals surface area contributed by atoms with Gasteiger partial charge in [0.2, 0.25) is 5.91 Å². The summed E-state index contributed by atoms with van der Waals surface area (Å²) in [5.74, 6) is -0.675. The Labute approximate surface area is 212 Å². The predicted molar refractivity (Wildman–Crippen MR) is 141 cm³/mol. The van der Waals surface area contributed by atoms with Crippen molar-refractivity contribution in [2.24, 2.45) is 5.92 Å². The van der Waals surface area contributed by atoms with E-state index in [2.05, 4.69) is 30.4 Å². The lowest BCUT2D eigenvalue weighted by Crippen LogP contribution is -2.39. The summed E-state index contributed by atoms with van der Waals surface area (Å²) in [4.78, 5) is 37.9. The zero-order chi connectivity index (χ0) is 25.8. The highest BCUT2D eigenvalue weighted by atomic mass is 16.4. The van der Waals surface area contributed by atoms with E-state index in [4.69, 9.17) is 0 Å². The molecule has 0 saturated heterocycles. The van der Waals surface area contributed by atoms with Gasteiger partial charge in [-0.2, -0.15) is 0 Å². The first kappa shape index (κ1) is 25.4. The number of aryl methyl sites for hydroxylation is 1. The Hall–Kier alpha value is -3.67. The van der Waals surface area contributed by atoms with E-state index in [1.165, 1.54) is 16.2 Å². The molecular formula is C30H34N2O4. The number of benzene rings is 2. The van der Waals surface area contributed by atoms with Gasteiger partial charge in [0.1, 0.15) is 6.04 Å². The number of carbonyl (C=O) groups is 2. The van der Waals surface area contributed by atoms with Gasteiger partial charge in [0.15, 0.2) is 0 Å². The zero-order valence-electron chi connectivity index (χ0n) is 21.1. The summed E-state index contributed by atoms with van der Waals surface area (Å²) in [7, 11) is 0. The van der Waals surface area contributed by atoms with Gasteiger partial charge in [-0.25, -0.2) is 0 Å². The quantitative estimate of drug-likeness (QED) is 0.389. The highest BCUT2D eigenvalue weighted by molar-refractivity contribution is 5.82. The lowest BCUT2D eigenvalue weighted by molar-refractivity contribution is -0.138. The summed E-state index contributed by atoms with van der Waals surface area (Å²) in [6.07, 6.45) is 4.12. The van der Waals surface area contributed by atoms with Crippen molar-refractivity contribution in [3.05, 3.63) is 93.9 Å². The van der Waals surface area contributed by atoms with Gasteiger partial charge in [0.25, 0.3) is 5.56 Å². The number of carbonyl (C=O) groups excluding carboxylic acids is 1. The van der Waals surface area contributed by atoms with Crippen LogP contribution in [0.2, 0.25) is 0 Å². The molecule has 2 aromatic carbocycles. The number of aliphatic carboxylic acids is 1. The lowest BCUT2D eigenvalue weighted by Gasteiger charge is -2.25. The molecule has 0 spiro atoms. The van der Waals surface area contributed by atoms with Crippen molar-refractivity contribution in [1.29, 1.82) is 0 Å². The molecule has 1 aromatic heterocycles. The van der Waals surface area contributed by atoms with Crippen LogP contribution in [0.3, 0.4) is 0 Å². The minimum Gasteiger partial charge on any atom is -0.481 e. The molecule has 1 heterocycles. The van der Waals surface area contributed by atoms with Crippen LogP contribution in [-0.4, -0.2) is 21.6 Å². The molecule has 0 bridgehead atoms. The maximum atomic E-state index is 13.5. The molecule has 2 unspecified atom stereocenters. The Kier molecular flexibility index (Phi) is 7.73. The third-order valence-corrected chi connectivity index (χ3v) is 6.81. The molecule has 1 saturated carbocycles. The number of carboxylic acids is 1. The van der Waals surface area contributed by atoms with Crippen LogP contribution >= 0.6 is 0 Å². The molecule has 3 aromatic rings. The van der Waals surface area contributed by atoms with E-state index in [0.717, 1.165) is 35.1 Å². The SMILES string of the molecule is Cc1ccccc1-c1cc(C(CC(=O)O)NC(=O)C(CC(C)C)n2ccccc2=O)ccc1C1CC1. The highest BCUT2D eigenvalue weighted by Crippen LogP contribution is 2.45. The molecule has 6 heteroatoms. The van der Waals surface area contributed by atoms with Crippen molar-refractivity contribution >= 4 is 11.9 Å². The van der Waals surface area contributed by atoms with Crippen molar-refractivity contribution in [2.75, 3.05) is 0 Å². The van der Waals surface area contributed by atoms with Gasteiger partial charge in [-0.3, -0.25) is 14.4 Å². The van der Waals surface area contributed by atoms with Gasteiger partial charge in [-0.15, -0.1) is 0 Å². The zero-order valence-corrected chi connectivity index (χ0v) is 21.1. The fourth-order valence-corrected chi connectivity index (χ4v) is 4.83. The number of amides is 1. The van der Waals surface area contributed by atoms with Crippen LogP contribution < -0.4 is 10.9 Å². The van der Waals surface area contributed by atoms with E-state index in [0.29, 0.717) is 12.3 Å². The standard InChI is InChI=1S/C30H34N2O4/c1-19(2)16-27(32-15-7-6-10-28(32)33)30(36)31-26(18-29(34)35)22-13-14-24(21-11-12-21)25(17-22)23-9-5-4-8-20(23)3/h4-10,13-15,17,19,21,26-27H,11-12,16,18H2,1-3H3,(H,31,36)(H,34,35). The number of nitrogens with zero attached hydrogens (tertiary/aromatic N) is 1. The van der Waals surface area contributed by atoms with Gasteiger partial charge in [0.05, 0.1) is 12.5 Å². The molecule has 2 N–H and O–H groups in total. The van der Waals surface area contributed by atoms with E-state index < -0.39 is 18.1 Å². The Bertz CT molecular complexity index is 1310. The van der Waals surface area contributed by atoms with Crippen molar-refractivity contribution in [3.63, 3.8) is 0 Å². The first-order valence-electron chi connectivity index (χ1n) is 12.6. The van der Waals surface area contributed by atoms with Gasteiger partial charge >= 0.3 is 5.97 Å². The second-order valence-corrected chi connectivity index (χ2v) is 10.2. The molecule has 1 amide bonds. The van der Waals surface area contributed by atoms with Crippen LogP contribution in [0.5, 0.6) is 0 Å². The number of aromatic nitrogens is 1. The first-order valence-corrected chi connectivity index (χ1v) is 12.6. The summed E-state index contributed by atoms with van der Waals surface area (Å²) < 4.78 is 1.43. The number of hydrogen-bond acceptors (Lipinski definition) is 3. The van der Waals surface area contributed by atoms with Crippen LogP contribution in [0.4, 0.5) is 0 Å². The fourth-order valence-electron chi connectivity index (χ4n) is 4.83. The number of carboxylic acid groups (broad SMARTS) is 1. The molecule has 1 aliphatic carbocycles. The Balaban J connectivity index is 1.71. The lowest BCUT2D eigenvalue weighted by atomic mass is 9.89. The maximum Gasteiger partial charge on any atom is 0.305 e. The molecule has 0 aliphatic heterocycles. The number of nitrogens with one attached hydrogen (secondary N) is 1. The van der Waals surface area contributed by atoms with Crippen LogP contribution in [0.1, 0.15) is 74.2 Å². The average Bonchev–Trinajstić information content (AvgIpc) is 3.68. The van der Waals surface area contributed by atoms with E-state index in [-0.39, 0.29) is 23.8 Å². The topological polar surface area (TPSA) is 88.4 Å². The first-order chi connectivity index (χ1) is 17.2. The van der Waals surface area contributed by atoms with E-state index in [1.807, 2.05) is 38.1 Å². The third-order valence-electron chi connectivity index (χ3n) is 6.81. The summed E-state index contributed by atoms with van der Waals surface area (Å²) in [6.45, 7) is 6.06. The Morgan fingerprint density at radius 1 is 1.03 bits per heavy atom. The highest BCUT2D eigenvalue weighted by Gasteiger charge is 2.30. The van der Waals surface area contributed by atoms with Crippen LogP contribution in [-0.2, 0) is 9.59 Å². The smallest absolute Gasteiger partial charge is 0.305 e. The molecule has 6 nitrogen and oxygen atoms in total. The summed E-state index contributed by atoms with van der Waals surface area (Å²) in [6, 6.07) is 17.6. The van der Waals surface area contributed by atoms with E-state index in [1.54, 1.807) is 18.3 Å². The van der Waals surface area contributed by atoms with Gasteiger partial charge in [-0.1, -0.05) is 56.3 Å². The van der Waals surface area contributed by atoms with Crippen LogP contribution in [0.25, 0.3) is 11.1 Å². The molecule has 188 valence electrons. The van der Waals surface area contributed by atoms with Crippen molar-refractivity contribution in [1.82, 2.24) is 9.88 Å². The molecule has 0 radical (unpaired) electrons. The second kappa shape index (κ2) is 10.9. The summed E-state index contributed by atoms with van der Waals surface area (Å²) >= 11 is 0. The van der Waals surface area contributed by atoms with Gasteiger partial charge in [-0.05, 0) is 78.0 Å². The van der Waals surface area contributed by atoms with E-state index in [9.17, 15) is 19.5 Å². The monoisotopic (exact) mass is 486 g/mol. The minimum absolute atomic E-state index is 0.163. The van der Waals surface area contributed by atoms with E-state index >= 15 is 0 Å². The van der Waals surface area contributed by atoms with Gasteiger partial charge < -0.3 is 15.0 Å². The van der Waals surface area contributed by atoms with Gasteiger partial charge in [0, 0.05) is 12.3 Å². The number of pyridine rings is 1. The third kappa shape index (κ3) is 5.93. The maximum absolute atomic E-state index is 13.5. The fraction of sp³-hybridized carbons (Fsp3) is 0.367. The Morgan fingerprint density at radius 2 is 1.75 bits per heavy atom. The number of hydrogen-bond donors (Lipinski definition) is 2. The Morgan fingerprint density at radius 3 is 2.39 bits per heavy atom. The van der Waals surface area contributed by atoms with Crippen molar-refractivity contribution in [3.8, 4) is 11.1 Å². The molecule has 2 atom stereocenters. The molecule has 4 rings (SSSR count). The predicted octanol–water partition coefficient (Wildman–Crippen LogP) is 5.62. The molecule has 1 aliphatic rings. The molecular weight excluding hydrogens is 452 g/mol. The van der Waals surface area contributed by atoms with Crippen LogP contribution in [0.15, 0.2) is 71.7 Å². The van der Waals surface area contributed by atoms with Crippen LogP contribution in [0, 0.1) is 12.8 Å². The van der Waals surface area contributed by atoms with Crippen molar-refractivity contribution in [2.45, 2.75) is 64.5 Å². The molecule has 36 heavy (non-hydrogen) atoms. The molecule has 1 fully saturated rings. The summed E-state index contributed by atoms with van der Waals surface area (Å²) in [5, 5.41) is 12.7. The van der Waals surface area contributed by atoms with Crippen molar-refractivity contribution < 1.29 is 14.7 Å². The normalized spacial score (nSPS) is 14.9. The summed E-state index contributed by atoms with van der Waals surface area (Å²) in [5.41, 5.74) is 5.12. The largest absolute Gasteiger partial charge is 0.481 e. The average molecular weight is 487 g/mol. The number of rotatable bonds is 10.